The van der Waals surface area contributed by atoms with Gasteiger partial charge < -0.3 is 21.0 Å². The van der Waals surface area contributed by atoms with E-state index >= 15 is 0 Å². The first-order valence-electron chi connectivity index (χ1n) is 2.35. The van der Waals surface area contributed by atoms with Crippen LogP contribution in [0.25, 0.3) is 6.15 Å². The molecule has 0 aliphatic carbocycles. The number of aryl methyl sites for hydroxylation is 2. The second kappa shape index (κ2) is 6.56. The van der Waals surface area contributed by atoms with Gasteiger partial charge in [-0.05, 0) is 0 Å². The number of nitrogens with two attached hydrogens (primary N) is 1. The summed E-state index contributed by atoms with van der Waals surface area (Å²) in [5.41, 5.74) is 0. The van der Waals surface area contributed by atoms with Crippen LogP contribution >= 0.6 is 0 Å². The van der Waals surface area contributed by atoms with Gasteiger partial charge in [-0.1, -0.05) is 0 Å². The molecule has 0 saturated carbocycles. The maximum atomic E-state index is 2.27. The Labute approximate surface area is 80.0 Å². The van der Waals surface area contributed by atoms with Gasteiger partial charge >= 0.3 is 58.8 Å². The maximum absolute atomic E-state index is 2.27. The Kier molecular flexibility index (Phi) is 10.2. The molecule has 1 rings (SSSR count). The van der Waals surface area contributed by atoms with Gasteiger partial charge in [0, 0.05) is 0 Å². The molecule has 0 unspecified atom stereocenters. The molecule has 3 nitrogen and oxygen atoms in total. The molecule has 0 spiro atoms. The second-order valence-corrected chi connectivity index (χ2v) is 2.78. The van der Waals surface area contributed by atoms with Crippen molar-refractivity contribution in [2.24, 2.45) is 14.1 Å². The van der Waals surface area contributed by atoms with E-state index in [1.807, 2.05) is 26.5 Å². The van der Waals surface area contributed by atoms with Crippen LogP contribution in [0.4, 0.5) is 0 Å². The number of nitrogens with zero attached hydrogens (tertiary/aromatic N) is 2. The van der Waals surface area contributed by atoms with Crippen LogP contribution in [0.2, 0.25) is 0 Å². The first-order chi connectivity index (χ1) is 3.72. The Morgan fingerprint density at radius 1 is 1.09 bits per heavy atom. The third-order valence-electron chi connectivity index (χ3n) is 1.05. The van der Waals surface area contributed by atoms with Crippen molar-refractivity contribution < 1.29 is 19.4 Å². The predicted octanol–water partition coefficient (Wildman–Crippen LogP) is 2.06. The Bertz CT molecular complexity index is 214. The quantitative estimate of drug-likeness (QED) is 0.651. The monoisotopic (exact) mass is 337 g/mol. The van der Waals surface area contributed by atoms with E-state index in [0.29, 0.717) is 0 Å². The minimum atomic E-state index is 0. The largest absolute Gasteiger partial charge is 0.693 e. The smallest absolute Gasteiger partial charge is 0.358 e. The standard InChI is InChI=1S/C5H8N2.2CH3.H2N.Pt/c1-6-3-4-7(2)5-6;;;;/h3-4H,1-2H3;2*1H3;1H2;/q;3*-1;. The molecule has 0 radical (unpaired) electrons. The summed E-state index contributed by atoms with van der Waals surface area (Å²) in [6.45, 7) is 0. The average molecular weight is 337 g/mol. The number of hydrogen-bond acceptors (Lipinski definition) is 0. The van der Waals surface area contributed by atoms with Crippen molar-refractivity contribution >= 4 is 0 Å². The summed E-state index contributed by atoms with van der Waals surface area (Å²) in [5, 5.41) is 0. The predicted molar refractivity (Wildman–Crippen MR) is 45.7 cm³/mol. The van der Waals surface area contributed by atoms with Crippen LogP contribution in [0.3, 0.4) is 0 Å². The Morgan fingerprint density at radius 3 is 1.45 bits per heavy atom. The average Bonchev–Trinajstić information content (AvgIpc) is 1.98. The summed E-state index contributed by atoms with van der Waals surface area (Å²) >= 11 is 2.27. The molecule has 0 amide bonds. The van der Waals surface area contributed by atoms with Crippen LogP contribution < -0.4 is 0 Å². The minimum Gasteiger partial charge on any atom is -0.693 e. The zero-order valence-electron chi connectivity index (χ0n) is 7.44. The van der Waals surface area contributed by atoms with E-state index < -0.39 is 0 Å². The molecule has 0 atom stereocenters. The molecule has 0 saturated heterocycles. The maximum Gasteiger partial charge on any atom is -0.358 e. The van der Waals surface area contributed by atoms with Gasteiger partial charge in [-0.25, -0.2) is 0 Å². The molecule has 0 aliphatic rings. The molecule has 4 heteroatoms. The van der Waals surface area contributed by atoms with Gasteiger partial charge in [0.25, 0.3) is 0 Å². The van der Waals surface area contributed by atoms with Crippen molar-refractivity contribution in [2.45, 2.75) is 0 Å². The number of hydrogen-bond donors (Lipinski definition) is 0. The van der Waals surface area contributed by atoms with E-state index in [1.54, 1.807) is 0 Å². The topological polar surface area (TPSA) is 43.4 Å². The van der Waals surface area contributed by atoms with Crippen LogP contribution in [-0.2, 0) is 33.4 Å². The molecule has 0 bridgehead atoms. The fourth-order valence-corrected chi connectivity index (χ4v) is 0.901. The van der Waals surface area contributed by atoms with Gasteiger partial charge in [-0.15, -0.1) is 0 Å². The van der Waals surface area contributed by atoms with Gasteiger partial charge in [0.1, 0.15) is 0 Å². The van der Waals surface area contributed by atoms with E-state index in [9.17, 15) is 0 Å². The van der Waals surface area contributed by atoms with Crippen molar-refractivity contribution in [3.8, 4) is 0 Å². The van der Waals surface area contributed by atoms with Gasteiger partial charge in [0.2, 0.25) is 0 Å². The Hall–Kier alpha value is -0.142. The summed E-state index contributed by atoms with van der Waals surface area (Å²) in [6.07, 6.45) is 4.06. The van der Waals surface area contributed by atoms with E-state index in [-0.39, 0.29) is 21.0 Å². The number of aromatic nitrogens is 2. The third kappa shape index (κ3) is 3.68. The SMILES string of the molecule is Cn1ccn(C)[c]1=[Pt].[CH3-].[CH3-].[NH2-]. The summed E-state index contributed by atoms with van der Waals surface area (Å²) < 4.78 is 5.38. The molecule has 1 aromatic rings. The van der Waals surface area contributed by atoms with Crippen LogP contribution in [0.5, 0.6) is 0 Å². The van der Waals surface area contributed by atoms with Gasteiger partial charge in [0.05, 0.1) is 0 Å². The molecular weight excluding hydrogens is 321 g/mol. The molecule has 0 aliphatic heterocycles. The molecule has 0 fully saturated rings. The Morgan fingerprint density at radius 2 is 1.36 bits per heavy atom. The van der Waals surface area contributed by atoms with E-state index in [4.69, 9.17) is 0 Å². The van der Waals surface area contributed by atoms with Crippen molar-refractivity contribution in [1.82, 2.24) is 9.13 Å². The molecule has 72 valence electrons. The fourth-order valence-electron chi connectivity index (χ4n) is 0.563. The van der Waals surface area contributed by atoms with Crippen LogP contribution in [0.1, 0.15) is 0 Å². The molecule has 2 N–H and O–H groups in total. The molecular formula is C7H16N3Pt-3. The number of rotatable bonds is 0. The first-order valence-corrected chi connectivity index (χ1v) is 3.49. The molecule has 1 heterocycles. The zero-order chi connectivity index (χ0) is 6.15. The van der Waals surface area contributed by atoms with Gasteiger partial charge in [0.15, 0.2) is 0 Å². The summed E-state index contributed by atoms with van der Waals surface area (Å²) in [4.78, 5) is 0. The van der Waals surface area contributed by atoms with Crippen molar-refractivity contribution in [1.29, 1.82) is 0 Å². The van der Waals surface area contributed by atoms with Gasteiger partial charge in [-0.3, -0.25) is 0 Å². The fraction of sp³-hybridized carbons (Fsp3) is 0.286. The summed E-state index contributed by atoms with van der Waals surface area (Å²) in [7, 11) is 4.06. The second-order valence-electron chi connectivity index (χ2n) is 1.76. The molecule has 11 heavy (non-hydrogen) atoms. The van der Waals surface area contributed by atoms with Crippen LogP contribution in [0, 0.1) is 18.7 Å². The van der Waals surface area contributed by atoms with Crippen LogP contribution in [0.15, 0.2) is 12.4 Å². The molecule has 0 aromatic carbocycles. The zero-order valence-corrected chi connectivity index (χ0v) is 9.71. The molecule has 1 aromatic heterocycles. The number of imidazole rings is 1. The minimum absolute atomic E-state index is 0. The van der Waals surface area contributed by atoms with Crippen molar-refractivity contribution in [3.63, 3.8) is 0 Å². The third-order valence-corrected chi connectivity index (χ3v) is 2.66. The van der Waals surface area contributed by atoms with Crippen molar-refractivity contribution in [2.75, 3.05) is 0 Å². The Balaban J connectivity index is -0.000000213. The van der Waals surface area contributed by atoms with Crippen molar-refractivity contribution in [3.05, 3.63) is 37.2 Å². The summed E-state index contributed by atoms with van der Waals surface area (Å²) in [6, 6.07) is 0. The normalized spacial score (nSPS) is 7.27. The van der Waals surface area contributed by atoms with E-state index in [0.717, 1.165) is 0 Å². The first kappa shape index (κ1) is 17.1. The van der Waals surface area contributed by atoms with E-state index in [1.165, 1.54) is 3.80 Å². The summed E-state index contributed by atoms with van der Waals surface area (Å²) in [5.74, 6) is 0. The van der Waals surface area contributed by atoms with Gasteiger partial charge in [-0.2, -0.15) is 0 Å². The van der Waals surface area contributed by atoms with E-state index in [2.05, 4.69) is 28.5 Å². The van der Waals surface area contributed by atoms with Crippen LogP contribution in [-0.4, -0.2) is 9.13 Å².